The summed E-state index contributed by atoms with van der Waals surface area (Å²) < 4.78 is 31.3. The smallest absolute Gasteiger partial charge is 0.411 e. The molecule has 1 N–H and O–H groups in total. The number of amides is 1. The molecule has 102 valence electrons. The number of carbonyl (C=O) groups is 2. The van der Waals surface area contributed by atoms with E-state index in [2.05, 4.69) is 0 Å². The molecule has 0 aromatic carbocycles. The SMILES string of the molecule is CC(C)(C)OC(=O)N1C[C@@]2(CC2(F)F)[C@H]1C(=O)O. The topological polar surface area (TPSA) is 66.8 Å². The van der Waals surface area contributed by atoms with Gasteiger partial charge in [-0.2, -0.15) is 0 Å². The second-order valence-electron chi connectivity index (χ2n) is 5.89. The van der Waals surface area contributed by atoms with Gasteiger partial charge < -0.3 is 9.84 Å². The van der Waals surface area contributed by atoms with Crippen LogP contribution in [0.25, 0.3) is 0 Å². The average molecular weight is 263 g/mol. The standard InChI is InChI=1S/C11H15F2NO4/c1-9(2,3)18-8(17)14-5-10(4-11(10,12)13)6(14)7(15)16/h6H,4-5H2,1-3H3,(H,15,16)/t6-,10+/m1/s1. The highest BCUT2D eigenvalue weighted by Crippen LogP contribution is 2.68. The molecule has 1 amide bonds. The lowest BCUT2D eigenvalue weighted by Gasteiger charge is -2.45. The Morgan fingerprint density at radius 2 is 1.89 bits per heavy atom. The molecule has 1 heterocycles. The van der Waals surface area contributed by atoms with Crippen LogP contribution in [0, 0.1) is 5.41 Å². The van der Waals surface area contributed by atoms with Crippen LogP contribution >= 0.6 is 0 Å². The Morgan fingerprint density at radius 1 is 1.39 bits per heavy atom. The fourth-order valence-electron chi connectivity index (χ4n) is 2.35. The Bertz CT molecular complexity index is 418. The monoisotopic (exact) mass is 263 g/mol. The third kappa shape index (κ3) is 1.72. The zero-order valence-electron chi connectivity index (χ0n) is 10.4. The van der Waals surface area contributed by atoms with Crippen LogP contribution in [-0.4, -0.2) is 46.2 Å². The van der Waals surface area contributed by atoms with Crippen LogP contribution in [-0.2, 0) is 9.53 Å². The molecule has 2 atom stereocenters. The van der Waals surface area contributed by atoms with Gasteiger partial charge in [-0.25, -0.2) is 18.4 Å². The van der Waals surface area contributed by atoms with Gasteiger partial charge in [0.25, 0.3) is 5.92 Å². The normalized spacial score (nSPS) is 32.9. The third-order valence-electron chi connectivity index (χ3n) is 3.29. The van der Waals surface area contributed by atoms with E-state index in [1.807, 2.05) is 0 Å². The van der Waals surface area contributed by atoms with Crippen LogP contribution in [0.5, 0.6) is 0 Å². The summed E-state index contributed by atoms with van der Waals surface area (Å²) in [6.45, 7) is 4.62. The summed E-state index contributed by atoms with van der Waals surface area (Å²) in [5.41, 5.74) is -2.36. The number of ether oxygens (including phenoxy) is 1. The number of hydrogen-bond acceptors (Lipinski definition) is 3. The number of hydrogen-bond donors (Lipinski definition) is 1. The van der Waals surface area contributed by atoms with Crippen LogP contribution < -0.4 is 0 Å². The molecule has 18 heavy (non-hydrogen) atoms. The van der Waals surface area contributed by atoms with Crippen molar-refractivity contribution in [2.45, 2.75) is 44.8 Å². The van der Waals surface area contributed by atoms with Gasteiger partial charge in [0.2, 0.25) is 0 Å². The summed E-state index contributed by atoms with van der Waals surface area (Å²) in [6.07, 6.45) is -1.33. The Labute approximate surface area is 103 Å². The number of carboxylic acids is 1. The van der Waals surface area contributed by atoms with Crippen molar-refractivity contribution < 1.29 is 28.2 Å². The van der Waals surface area contributed by atoms with Crippen molar-refractivity contribution in [3.63, 3.8) is 0 Å². The molecule has 1 spiro atoms. The lowest BCUT2D eigenvalue weighted by Crippen LogP contribution is -2.66. The summed E-state index contributed by atoms with van der Waals surface area (Å²) in [6, 6.07) is -1.48. The quantitative estimate of drug-likeness (QED) is 0.782. The van der Waals surface area contributed by atoms with Gasteiger partial charge in [0.15, 0.2) is 0 Å². The summed E-state index contributed by atoms with van der Waals surface area (Å²) >= 11 is 0. The van der Waals surface area contributed by atoms with Crippen molar-refractivity contribution in [3.05, 3.63) is 0 Å². The number of likely N-dealkylation sites (tertiary alicyclic amines) is 1. The molecular weight excluding hydrogens is 248 g/mol. The molecule has 0 aromatic heterocycles. The average Bonchev–Trinajstić information content (AvgIpc) is 2.62. The van der Waals surface area contributed by atoms with E-state index < -0.39 is 41.5 Å². The molecule has 1 aliphatic carbocycles. The third-order valence-corrected chi connectivity index (χ3v) is 3.29. The van der Waals surface area contributed by atoms with Crippen LogP contribution in [0.1, 0.15) is 27.2 Å². The molecule has 0 unspecified atom stereocenters. The summed E-state index contributed by atoms with van der Waals surface area (Å²) in [4.78, 5) is 23.6. The molecule has 0 aromatic rings. The van der Waals surface area contributed by atoms with E-state index in [4.69, 9.17) is 9.84 Å². The summed E-state index contributed by atoms with van der Waals surface area (Å²) in [5.74, 6) is -4.40. The number of halogens is 2. The zero-order valence-corrected chi connectivity index (χ0v) is 10.4. The molecule has 2 fully saturated rings. The van der Waals surface area contributed by atoms with Crippen molar-refractivity contribution in [1.82, 2.24) is 4.90 Å². The maximum absolute atomic E-state index is 13.2. The second-order valence-corrected chi connectivity index (χ2v) is 5.89. The first kappa shape index (κ1) is 13.0. The fraction of sp³-hybridized carbons (Fsp3) is 0.818. The minimum Gasteiger partial charge on any atom is -0.480 e. The predicted octanol–water partition coefficient (Wildman–Crippen LogP) is 1.72. The summed E-state index contributed by atoms with van der Waals surface area (Å²) in [7, 11) is 0. The molecule has 1 aliphatic heterocycles. The highest BCUT2D eigenvalue weighted by molar-refractivity contribution is 5.85. The molecule has 0 radical (unpaired) electrons. The maximum atomic E-state index is 13.2. The highest BCUT2D eigenvalue weighted by Gasteiger charge is 2.83. The van der Waals surface area contributed by atoms with Gasteiger partial charge in [-0.05, 0) is 20.8 Å². The molecule has 0 bridgehead atoms. The molecule has 7 heteroatoms. The molecule has 2 aliphatic rings. The molecule has 5 nitrogen and oxygen atoms in total. The first-order valence-electron chi connectivity index (χ1n) is 5.60. The van der Waals surface area contributed by atoms with Crippen molar-refractivity contribution >= 4 is 12.1 Å². The Morgan fingerprint density at radius 3 is 2.22 bits per heavy atom. The van der Waals surface area contributed by atoms with E-state index in [0.717, 1.165) is 4.90 Å². The van der Waals surface area contributed by atoms with Crippen molar-refractivity contribution in [3.8, 4) is 0 Å². The Kier molecular flexibility index (Phi) is 2.41. The zero-order chi connectivity index (χ0) is 13.9. The number of rotatable bonds is 1. The molecule has 1 saturated heterocycles. The lowest BCUT2D eigenvalue weighted by molar-refractivity contribution is -0.161. The number of nitrogens with zero attached hydrogens (tertiary/aromatic N) is 1. The van der Waals surface area contributed by atoms with Gasteiger partial charge >= 0.3 is 12.1 Å². The molecule has 2 rings (SSSR count). The van der Waals surface area contributed by atoms with Gasteiger partial charge in [-0.3, -0.25) is 4.90 Å². The number of carboxylic acid groups (broad SMARTS) is 1. The van der Waals surface area contributed by atoms with E-state index in [9.17, 15) is 18.4 Å². The first-order chi connectivity index (χ1) is 8.00. The van der Waals surface area contributed by atoms with Gasteiger partial charge in [-0.15, -0.1) is 0 Å². The van der Waals surface area contributed by atoms with Gasteiger partial charge in [0, 0.05) is 13.0 Å². The van der Waals surface area contributed by atoms with Gasteiger partial charge in [-0.1, -0.05) is 0 Å². The van der Waals surface area contributed by atoms with E-state index in [0.29, 0.717) is 0 Å². The van der Waals surface area contributed by atoms with E-state index in [1.165, 1.54) is 0 Å². The summed E-state index contributed by atoms with van der Waals surface area (Å²) in [5, 5.41) is 8.98. The van der Waals surface area contributed by atoms with E-state index in [1.54, 1.807) is 20.8 Å². The largest absolute Gasteiger partial charge is 0.480 e. The van der Waals surface area contributed by atoms with Crippen LogP contribution in [0.4, 0.5) is 13.6 Å². The highest BCUT2D eigenvalue weighted by atomic mass is 19.3. The minimum absolute atomic E-state index is 0.258. The maximum Gasteiger partial charge on any atom is 0.411 e. The first-order valence-corrected chi connectivity index (χ1v) is 5.60. The lowest BCUT2D eigenvalue weighted by atomic mass is 9.84. The predicted molar refractivity (Wildman–Crippen MR) is 56.4 cm³/mol. The van der Waals surface area contributed by atoms with E-state index >= 15 is 0 Å². The van der Waals surface area contributed by atoms with Gasteiger partial charge in [0.1, 0.15) is 11.6 Å². The van der Waals surface area contributed by atoms with Crippen molar-refractivity contribution in [2.24, 2.45) is 5.41 Å². The Hall–Kier alpha value is -1.40. The Balaban J connectivity index is 2.09. The van der Waals surface area contributed by atoms with Crippen molar-refractivity contribution in [2.75, 3.05) is 6.54 Å². The van der Waals surface area contributed by atoms with Crippen molar-refractivity contribution in [1.29, 1.82) is 0 Å². The minimum atomic E-state index is -2.99. The molecule has 1 saturated carbocycles. The fourth-order valence-corrected chi connectivity index (χ4v) is 2.35. The number of aliphatic carboxylic acids is 1. The number of alkyl halides is 2. The second kappa shape index (κ2) is 3.33. The van der Waals surface area contributed by atoms with Gasteiger partial charge in [0.05, 0.1) is 5.41 Å². The van der Waals surface area contributed by atoms with Crippen LogP contribution in [0.2, 0.25) is 0 Å². The molecular formula is C11H15F2NO4. The van der Waals surface area contributed by atoms with E-state index in [-0.39, 0.29) is 6.54 Å². The van der Waals surface area contributed by atoms with Crippen LogP contribution in [0.3, 0.4) is 0 Å². The van der Waals surface area contributed by atoms with Crippen LogP contribution in [0.15, 0.2) is 0 Å². The number of carbonyl (C=O) groups excluding carboxylic acids is 1.